The molecule has 31 heavy (non-hydrogen) atoms. The minimum atomic E-state index is 1.07. The van der Waals surface area contributed by atoms with Crippen LogP contribution in [0.3, 0.4) is 0 Å². The number of rotatable bonds is 3. The average molecular weight is 431 g/mol. The van der Waals surface area contributed by atoms with Gasteiger partial charge in [0.05, 0.1) is 0 Å². The molecule has 0 aliphatic heterocycles. The van der Waals surface area contributed by atoms with Gasteiger partial charge < -0.3 is 0 Å². The summed E-state index contributed by atoms with van der Waals surface area (Å²) < 4.78 is 0. The molecule has 0 unspecified atom stereocenters. The molecule has 0 bridgehead atoms. The zero-order valence-electron chi connectivity index (χ0n) is 21.4. The maximum Gasteiger partial charge on any atom is -0.0329 e. The Kier molecular flexibility index (Phi) is 13.7. The lowest BCUT2D eigenvalue weighted by atomic mass is 9.64. The van der Waals surface area contributed by atoms with Crippen molar-refractivity contribution in [2.75, 3.05) is 0 Å². The molecule has 0 aromatic heterocycles. The maximum atomic E-state index is 1.58. The van der Waals surface area contributed by atoms with E-state index >= 15 is 0 Å². The number of hydrogen-bond donors (Lipinski definition) is 0. The van der Waals surface area contributed by atoms with E-state index in [1.54, 1.807) is 77.0 Å². The predicted molar refractivity (Wildman–Crippen MR) is 139 cm³/mol. The first-order valence-electron chi connectivity index (χ1n) is 15.4. The predicted octanol–water partition coefficient (Wildman–Crippen LogP) is 11.0. The summed E-state index contributed by atoms with van der Waals surface area (Å²) in [5.41, 5.74) is 0. The van der Waals surface area contributed by atoms with Crippen molar-refractivity contribution < 1.29 is 0 Å². The first kappa shape index (κ1) is 25.6. The van der Waals surface area contributed by atoms with Gasteiger partial charge in [0.1, 0.15) is 0 Å². The van der Waals surface area contributed by atoms with E-state index in [2.05, 4.69) is 0 Å². The van der Waals surface area contributed by atoms with E-state index in [1.807, 2.05) is 0 Å². The van der Waals surface area contributed by atoms with Gasteiger partial charge in [0.2, 0.25) is 0 Å². The van der Waals surface area contributed by atoms with Crippen LogP contribution in [0.15, 0.2) is 0 Å². The zero-order chi connectivity index (χ0) is 21.4. The lowest BCUT2D eigenvalue weighted by Gasteiger charge is -2.41. The molecule has 0 spiro atoms. The van der Waals surface area contributed by atoms with E-state index < -0.39 is 0 Å². The van der Waals surface area contributed by atoms with Crippen molar-refractivity contribution in [2.24, 2.45) is 23.7 Å². The third kappa shape index (κ3) is 10.2. The van der Waals surface area contributed by atoms with Crippen molar-refractivity contribution in [2.45, 2.75) is 173 Å². The fourth-order valence-electron chi connectivity index (χ4n) is 7.83. The van der Waals surface area contributed by atoms with E-state index in [1.165, 1.54) is 96.3 Å². The summed E-state index contributed by atoms with van der Waals surface area (Å²) >= 11 is 0. The van der Waals surface area contributed by atoms with Crippen molar-refractivity contribution in [3.05, 3.63) is 0 Å². The fourth-order valence-corrected chi connectivity index (χ4v) is 7.83. The molecule has 0 aromatic rings. The zero-order valence-corrected chi connectivity index (χ0v) is 21.4. The normalized spacial score (nSPS) is 27.0. The molecule has 3 saturated carbocycles. The Morgan fingerprint density at radius 3 is 0.581 bits per heavy atom. The Bertz CT molecular complexity index is 320. The minimum Gasteiger partial charge on any atom is -0.0533 e. The summed E-state index contributed by atoms with van der Waals surface area (Å²) in [6.07, 6.45) is 41.5. The third-order valence-electron chi connectivity index (χ3n) is 9.58. The van der Waals surface area contributed by atoms with Crippen LogP contribution in [0.1, 0.15) is 173 Å². The highest BCUT2D eigenvalue weighted by Crippen LogP contribution is 2.45. The average Bonchev–Trinajstić information content (AvgIpc) is 2.81. The quantitative estimate of drug-likeness (QED) is 0.417. The summed E-state index contributed by atoms with van der Waals surface area (Å²) in [5, 5.41) is 0. The second kappa shape index (κ2) is 16.6. The van der Waals surface area contributed by atoms with Gasteiger partial charge in [-0.15, -0.1) is 0 Å². The van der Waals surface area contributed by atoms with Crippen LogP contribution in [0.5, 0.6) is 0 Å². The first-order chi connectivity index (χ1) is 15.4. The molecular formula is C31H58. The fraction of sp³-hybridized carbons (Fsp3) is 1.00. The molecule has 0 heteroatoms. The van der Waals surface area contributed by atoms with Crippen molar-refractivity contribution in [1.82, 2.24) is 0 Å². The molecule has 182 valence electrons. The summed E-state index contributed by atoms with van der Waals surface area (Å²) in [7, 11) is 0. The Morgan fingerprint density at radius 2 is 0.387 bits per heavy atom. The SMILES string of the molecule is C1CCCCC(C(C2CCCCCCCCC2)C2CCCCCCCCC2)CCCC1. The number of hydrogen-bond acceptors (Lipinski definition) is 0. The molecule has 0 saturated heterocycles. The van der Waals surface area contributed by atoms with E-state index in [-0.39, 0.29) is 0 Å². The van der Waals surface area contributed by atoms with Gasteiger partial charge in [-0.1, -0.05) is 173 Å². The second-order valence-electron chi connectivity index (χ2n) is 12.0. The van der Waals surface area contributed by atoms with Crippen LogP contribution in [0.4, 0.5) is 0 Å². The maximum absolute atomic E-state index is 1.58. The van der Waals surface area contributed by atoms with Crippen molar-refractivity contribution in [3.8, 4) is 0 Å². The Labute approximate surface area is 197 Å². The molecule has 0 amide bonds. The van der Waals surface area contributed by atoms with Crippen LogP contribution >= 0.6 is 0 Å². The van der Waals surface area contributed by atoms with Gasteiger partial charge in [0, 0.05) is 0 Å². The van der Waals surface area contributed by atoms with Gasteiger partial charge in [-0.05, 0) is 23.7 Å². The van der Waals surface area contributed by atoms with E-state index in [9.17, 15) is 0 Å². The standard InChI is InChI=1S/C31H58/c1-4-10-16-22-28(23-17-11-5-1)31(29-24-18-12-6-2-7-13-19-25-29)30-26-20-14-8-3-9-15-21-27-30/h28-31H,1-27H2. The Balaban J connectivity index is 1.74. The molecule has 0 N–H and O–H groups in total. The third-order valence-corrected chi connectivity index (χ3v) is 9.58. The Hall–Kier alpha value is 0. The van der Waals surface area contributed by atoms with Gasteiger partial charge in [0.15, 0.2) is 0 Å². The molecular weight excluding hydrogens is 372 g/mol. The van der Waals surface area contributed by atoms with Crippen LogP contribution in [0, 0.1) is 23.7 Å². The lowest BCUT2D eigenvalue weighted by molar-refractivity contribution is 0.0892. The van der Waals surface area contributed by atoms with Crippen molar-refractivity contribution >= 4 is 0 Å². The van der Waals surface area contributed by atoms with Crippen LogP contribution in [-0.2, 0) is 0 Å². The topological polar surface area (TPSA) is 0 Å². The highest BCUT2D eigenvalue weighted by atomic mass is 14.4. The van der Waals surface area contributed by atoms with Crippen molar-refractivity contribution in [3.63, 3.8) is 0 Å². The summed E-state index contributed by atoms with van der Waals surface area (Å²) in [6, 6.07) is 0. The molecule has 0 nitrogen and oxygen atoms in total. The molecule has 3 aliphatic carbocycles. The molecule has 3 fully saturated rings. The molecule has 0 heterocycles. The lowest BCUT2D eigenvalue weighted by Crippen LogP contribution is -2.32. The highest BCUT2D eigenvalue weighted by molar-refractivity contribution is 4.85. The van der Waals surface area contributed by atoms with Gasteiger partial charge in [0.25, 0.3) is 0 Å². The molecule has 0 atom stereocenters. The molecule has 0 aromatic carbocycles. The van der Waals surface area contributed by atoms with Gasteiger partial charge >= 0.3 is 0 Å². The van der Waals surface area contributed by atoms with Gasteiger partial charge in [-0.2, -0.15) is 0 Å². The minimum absolute atomic E-state index is 1.07. The smallest absolute Gasteiger partial charge is 0.0329 e. The largest absolute Gasteiger partial charge is 0.0533 e. The van der Waals surface area contributed by atoms with E-state index in [0.717, 1.165) is 23.7 Å². The molecule has 0 radical (unpaired) electrons. The van der Waals surface area contributed by atoms with Crippen LogP contribution in [0.2, 0.25) is 0 Å². The van der Waals surface area contributed by atoms with Crippen LogP contribution in [0.25, 0.3) is 0 Å². The summed E-state index contributed by atoms with van der Waals surface area (Å²) in [6.45, 7) is 0. The monoisotopic (exact) mass is 430 g/mol. The molecule has 3 rings (SSSR count). The second-order valence-corrected chi connectivity index (χ2v) is 12.0. The van der Waals surface area contributed by atoms with E-state index in [4.69, 9.17) is 0 Å². The van der Waals surface area contributed by atoms with E-state index in [0.29, 0.717) is 0 Å². The summed E-state index contributed by atoms with van der Waals surface area (Å²) in [5.74, 6) is 4.29. The van der Waals surface area contributed by atoms with Crippen LogP contribution in [-0.4, -0.2) is 0 Å². The van der Waals surface area contributed by atoms with Gasteiger partial charge in [-0.3, -0.25) is 0 Å². The van der Waals surface area contributed by atoms with Gasteiger partial charge in [-0.25, -0.2) is 0 Å². The first-order valence-corrected chi connectivity index (χ1v) is 15.4. The Morgan fingerprint density at radius 1 is 0.226 bits per heavy atom. The molecule has 3 aliphatic rings. The summed E-state index contributed by atoms with van der Waals surface area (Å²) in [4.78, 5) is 0. The highest BCUT2D eigenvalue weighted by Gasteiger charge is 2.34. The van der Waals surface area contributed by atoms with Crippen LogP contribution < -0.4 is 0 Å². The van der Waals surface area contributed by atoms with Crippen molar-refractivity contribution in [1.29, 1.82) is 0 Å².